The Hall–Kier alpha value is -3.47. The van der Waals surface area contributed by atoms with E-state index in [0.29, 0.717) is 18.5 Å². The first kappa shape index (κ1) is 19.8. The highest BCUT2D eigenvalue weighted by Crippen LogP contribution is 2.26. The predicted octanol–water partition coefficient (Wildman–Crippen LogP) is 5.24. The molecule has 5 nitrogen and oxygen atoms in total. The maximum atomic E-state index is 12.7. The van der Waals surface area contributed by atoms with Gasteiger partial charge in [0.1, 0.15) is 11.5 Å². The summed E-state index contributed by atoms with van der Waals surface area (Å²) in [6, 6.07) is 14.8. The summed E-state index contributed by atoms with van der Waals surface area (Å²) in [5.41, 5.74) is 4.50. The van der Waals surface area contributed by atoms with Crippen LogP contribution in [0.2, 0.25) is 0 Å². The molecular formula is C25H24N2O3. The van der Waals surface area contributed by atoms with E-state index in [0.717, 1.165) is 47.6 Å². The van der Waals surface area contributed by atoms with Gasteiger partial charge in [-0.15, -0.1) is 0 Å². The van der Waals surface area contributed by atoms with Gasteiger partial charge >= 0.3 is 5.97 Å². The maximum Gasteiger partial charge on any atom is 0.336 e. The highest BCUT2D eigenvalue weighted by atomic mass is 16.4. The second-order valence-corrected chi connectivity index (χ2v) is 7.53. The van der Waals surface area contributed by atoms with E-state index in [4.69, 9.17) is 4.98 Å². The summed E-state index contributed by atoms with van der Waals surface area (Å²) >= 11 is 0. The van der Waals surface area contributed by atoms with Gasteiger partial charge in [0, 0.05) is 13.0 Å². The topological polar surface area (TPSA) is 72.2 Å². The van der Waals surface area contributed by atoms with Gasteiger partial charge in [0.05, 0.1) is 11.3 Å². The number of aromatic carboxylic acids is 1. The van der Waals surface area contributed by atoms with E-state index in [1.54, 1.807) is 12.1 Å². The van der Waals surface area contributed by atoms with Crippen molar-refractivity contribution < 1.29 is 14.7 Å². The van der Waals surface area contributed by atoms with Crippen molar-refractivity contribution in [3.05, 3.63) is 82.9 Å². The number of fused-ring (bicyclic) bond motifs is 1. The van der Waals surface area contributed by atoms with Crippen LogP contribution >= 0.6 is 0 Å². The van der Waals surface area contributed by atoms with Gasteiger partial charge in [-0.1, -0.05) is 48.5 Å². The average Bonchev–Trinajstić information content (AvgIpc) is 2.97. The number of carboxylic acid groups (broad SMARTS) is 1. The van der Waals surface area contributed by atoms with Gasteiger partial charge in [-0.25, -0.2) is 9.78 Å². The molecule has 1 aromatic heterocycles. The van der Waals surface area contributed by atoms with Crippen LogP contribution in [0, 0.1) is 0 Å². The highest BCUT2D eigenvalue weighted by Gasteiger charge is 2.24. The summed E-state index contributed by atoms with van der Waals surface area (Å²) < 4.78 is 2.02. The summed E-state index contributed by atoms with van der Waals surface area (Å²) in [5, 5.41) is 9.45. The van der Waals surface area contributed by atoms with E-state index < -0.39 is 5.97 Å². The normalized spacial score (nSPS) is 14.0. The lowest BCUT2D eigenvalue weighted by molar-refractivity contribution is 0.0697. The van der Waals surface area contributed by atoms with Crippen LogP contribution in [0.25, 0.3) is 17.2 Å². The van der Waals surface area contributed by atoms with Gasteiger partial charge in [0.25, 0.3) is 0 Å². The van der Waals surface area contributed by atoms with E-state index in [-0.39, 0.29) is 11.3 Å². The van der Waals surface area contributed by atoms with Crippen molar-refractivity contribution in [2.24, 2.45) is 0 Å². The van der Waals surface area contributed by atoms with Gasteiger partial charge in [0.2, 0.25) is 0 Å². The quantitative estimate of drug-likeness (QED) is 0.595. The van der Waals surface area contributed by atoms with Crippen molar-refractivity contribution in [3.8, 4) is 11.1 Å². The van der Waals surface area contributed by atoms with E-state index >= 15 is 0 Å². The number of aromatic nitrogens is 2. The minimum atomic E-state index is -0.940. The standard InChI is InChI=1S/C25H24N2O3/c1-2-7-23-26-21-10-5-6-11-22(28)24(21)27(23)16-17-12-14-18(15-13-17)19-8-3-4-9-20(19)25(29)30/h2-4,7-9,12-15H,5-6,10-11,16H2,1H3,(H,29,30). The number of carboxylic acids is 1. The Balaban J connectivity index is 1.69. The number of ketones is 1. The number of Topliss-reactive ketones (excluding diaryl/α,β-unsaturated/α-hetero) is 1. The lowest BCUT2D eigenvalue weighted by atomic mass is 9.98. The van der Waals surface area contributed by atoms with Crippen LogP contribution in [0.3, 0.4) is 0 Å². The van der Waals surface area contributed by atoms with Crippen molar-refractivity contribution >= 4 is 17.8 Å². The molecule has 0 fully saturated rings. The molecule has 0 spiro atoms. The number of aryl methyl sites for hydroxylation is 1. The SMILES string of the molecule is CC=Cc1nc2c(n1Cc1ccc(-c3ccccc3C(=O)O)cc1)C(=O)CCCC2. The molecule has 5 heteroatoms. The molecule has 1 N–H and O–H groups in total. The Labute approximate surface area is 175 Å². The predicted molar refractivity (Wildman–Crippen MR) is 117 cm³/mol. The zero-order valence-electron chi connectivity index (χ0n) is 17.0. The van der Waals surface area contributed by atoms with E-state index in [1.165, 1.54) is 0 Å². The zero-order valence-corrected chi connectivity index (χ0v) is 17.0. The Morgan fingerprint density at radius 2 is 1.83 bits per heavy atom. The molecule has 0 radical (unpaired) electrons. The van der Waals surface area contributed by atoms with Gasteiger partial charge in [0.15, 0.2) is 5.78 Å². The van der Waals surface area contributed by atoms with Crippen molar-refractivity contribution in [1.82, 2.24) is 9.55 Å². The Kier molecular flexibility index (Phi) is 5.61. The molecular weight excluding hydrogens is 376 g/mol. The zero-order chi connectivity index (χ0) is 21.1. The number of imidazole rings is 1. The number of hydrogen-bond donors (Lipinski definition) is 1. The summed E-state index contributed by atoms with van der Waals surface area (Å²) in [6.07, 6.45) is 7.19. The first-order valence-electron chi connectivity index (χ1n) is 10.3. The third-order valence-electron chi connectivity index (χ3n) is 5.48. The summed E-state index contributed by atoms with van der Waals surface area (Å²) in [4.78, 5) is 29.0. The lowest BCUT2D eigenvalue weighted by Crippen LogP contribution is -2.12. The Morgan fingerprint density at radius 3 is 2.57 bits per heavy atom. The second-order valence-electron chi connectivity index (χ2n) is 7.53. The number of nitrogens with zero attached hydrogens (tertiary/aromatic N) is 2. The molecule has 0 amide bonds. The van der Waals surface area contributed by atoms with Crippen LogP contribution in [0.4, 0.5) is 0 Å². The smallest absolute Gasteiger partial charge is 0.336 e. The molecule has 2 aromatic carbocycles. The Bertz CT molecular complexity index is 1120. The molecule has 152 valence electrons. The van der Waals surface area contributed by atoms with Gasteiger partial charge in [-0.05, 0) is 55.0 Å². The van der Waals surface area contributed by atoms with Gasteiger partial charge in [-0.2, -0.15) is 0 Å². The molecule has 0 bridgehead atoms. The van der Waals surface area contributed by atoms with E-state index in [2.05, 4.69) is 0 Å². The first-order chi connectivity index (χ1) is 14.6. The second kappa shape index (κ2) is 8.49. The minimum absolute atomic E-state index is 0.165. The van der Waals surface area contributed by atoms with Crippen LogP contribution in [0.1, 0.15) is 64.1 Å². The van der Waals surface area contributed by atoms with Crippen molar-refractivity contribution in [2.45, 2.75) is 39.2 Å². The molecule has 30 heavy (non-hydrogen) atoms. The third kappa shape index (κ3) is 3.83. The molecule has 4 rings (SSSR count). The summed E-state index contributed by atoms with van der Waals surface area (Å²) in [6.45, 7) is 2.50. The number of allylic oxidation sites excluding steroid dienone is 1. The van der Waals surface area contributed by atoms with Crippen LogP contribution < -0.4 is 0 Å². The lowest BCUT2D eigenvalue weighted by Gasteiger charge is -2.12. The number of hydrogen-bond acceptors (Lipinski definition) is 3. The number of carbonyl (C=O) groups is 2. The highest BCUT2D eigenvalue weighted by molar-refractivity contribution is 5.97. The molecule has 1 heterocycles. The summed E-state index contributed by atoms with van der Waals surface area (Å²) in [7, 11) is 0. The van der Waals surface area contributed by atoms with Gasteiger partial charge < -0.3 is 9.67 Å². The fourth-order valence-corrected chi connectivity index (χ4v) is 4.03. The van der Waals surface area contributed by atoms with Gasteiger partial charge in [-0.3, -0.25) is 4.79 Å². The van der Waals surface area contributed by atoms with Crippen molar-refractivity contribution in [2.75, 3.05) is 0 Å². The van der Waals surface area contributed by atoms with Crippen LogP contribution in [0.5, 0.6) is 0 Å². The molecule has 3 aromatic rings. The molecule has 1 aliphatic rings. The molecule has 0 unspecified atom stereocenters. The monoisotopic (exact) mass is 400 g/mol. The number of carbonyl (C=O) groups excluding carboxylic acids is 1. The number of benzene rings is 2. The van der Waals surface area contributed by atoms with Crippen LogP contribution in [-0.2, 0) is 13.0 Å². The summed E-state index contributed by atoms with van der Waals surface area (Å²) in [5.74, 6) is 0.0288. The van der Waals surface area contributed by atoms with Crippen LogP contribution in [-0.4, -0.2) is 26.4 Å². The molecule has 0 atom stereocenters. The minimum Gasteiger partial charge on any atom is -0.478 e. The third-order valence-corrected chi connectivity index (χ3v) is 5.48. The van der Waals surface area contributed by atoms with E-state index in [1.807, 2.05) is 60.0 Å². The fourth-order valence-electron chi connectivity index (χ4n) is 4.03. The molecule has 1 aliphatic carbocycles. The largest absolute Gasteiger partial charge is 0.478 e. The van der Waals surface area contributed by atoms with Crippen molar-refractivity contribution in [3.63, 3.8) is 0 Å². The maximum absolute atomic E-state index is 12.7. The molecule has 0 saturated carbocycles. The van der Waals surface area contributed by atoms with E-state index in [9.17, 15) is 14.7 Å². The number of rotatable bonds is 5. The molecule has 0 saturated heterocycles. The molecule has 0 aliphatic heterocycles. The van der Waals surface area contributed by atoms with Crippen molar-refractivity contribution in [1.29, 1.82) is 0 Å². The Morgan fingerprint density at radius 1 is 1.10 bits per heavy atom. The average molecular weight is 400 g/mol. The van der Waals surface area contributed by atoms with Crippen LogP contribution in [0.15, 0.2) is 54.6 Å². The first-order valence-corrected chi connectivity index (χ1v) is 10.3. The fraction of sp³-hybridized carbons (Fsp3) is 0.240.